The smallest absolute Gasteiger partial charge is 0.0635 e. The summed E-state index contributed by atoms with van der Waals surface area (Å²) in [6.07, 6.45) is 2.62. The van der Waals surface area contributed by atoms with Crippen molar-refractivity contribution in [1.29, 1.82) is 0 Å². The first-order valence-electron chi connectivity index (χ1n) is 3.08. The molecule has 0 radical (unpaired) electrons. The van der Waals surface area contributed by atoms with Gasteiger partial charge >= 0.3 is 0 Å². The summed E-state index contributed by atoms with van der Waals surface area (Å²) in [6.45, 7) is 1.85. The van der Waals surface area contributed by atoms with Crippen molar-refractivity contribution < 1.29 is 5.11 Å². The average molecular weight is 115 g/mol. The van der Waals surface area contributed by atoms with Gasteiger partial charge in [-0.15, -0.1) is 0 Å². The lowest BCUT2D eigenvalue weighted by Crippen LogP contribution is -2.23. The van der Waals surface area contributed by atoms with Crippen LogP contribution in [-0.2, 0) is 0 Å². The Morgan fingerprint density at radius 1 is 1.75 bits per heavy atom. The minimum atomic E-state index is -0.459. The van der Waals surface area contributed by atoms with Crippen molar-refractivity contribution in [1.82, 2.24) is 0 Å². The molecule has 2 atom stereocenters. The van der Waals surface area contributed by atoms with Gasteiger partial charge in [-0.05, 0) is 26.2 Å². The van der Waals surface area contributed by atoms with Gasteiger partial charge in [-0.25, -0.2) is 0 Å². The van der Waals surface area contributed by atoms with E-state index in [9.17, 15) is 5.11 Å². The molecule has 0 aromatic rings. The molecule has 48 valence electrons. The molecule has 0 bridgehead atoms. The predicted octanol–water partition coefficient (Wildman–Crippen LogP) is 0.249. The Labute approximate surface area is 49.7 Å². The SMILES string of the molecule is C[C@]1(O)CC[C@H](N)C1. The van der Waals surface area contributed by atoms with Crippen LogP contribution in [0.4, 0.5) is 0 Å². The van der Waals surface area contributed by atoms with Crippen LogP contribution < -0.4 is 5.73 Å². The van der Waals surface area contributed by atoms with Crippen molar-refractivity contribution in [2.24, 2.45) is 5.73 Å². The van der Waals surface area contributed by atoms with Crippen molar-refractivity contribution in [3.63, 3.8) is 0 Å². The van der Waals surface area contributed by atoms with Gasteiger partial charge in [-0.1, -0.05) is 0 Å². The molecular formula is C6H13NO. The summed E-state index contributed by atoms with van der Waals surface area (Å²) in [5, 5.41) is 9.28. The number of hydrogen-bond donors (Lipinski definition) is 2. The van der Waals surface area contributed by atoms with E-state index in [-0.39, 0.29) is 6.04 Å². The fourth-order valence-electron chi connectivity index (χ4n) is 1.27. The Balaban J connectivity index is 2.44. The fourth-order valence-corrected chi connectivity index (χ4v) is 1.27. The number of hydrogen-bond acceptors (Lipinski definition) is 2. The molecule has 1 fully saturated rings. The summed E-state index contributed by atoms with van der Waals surface area (Å²) < 4.78 is 0. The van der Waals surface area contributed by atoms with Gasteiger partial charge in [0.2, 0.25) is 0 Å². The van der Waals surface area contributed by atoms with Crippen molar-refractivity contribution in [3.05, 3.63) is 0 Å². The highest BCUT2D eigenvalue weighted by atomic mass is 16.3. The zero-order valence-electron chi connectivity index (χ0n) is 5.22. The van der Waals surface area contributed by atoms with Crippen LogP contribution in [0.2, 0.25) is 0 Å². The number of nitrogens with two attached hydrogens (primary N) is 1. The van der Waals surface area contributed by atoms with E-state index >= 15 is 0 Å². The van der Waals surface area contributed by atoms with E-state index in [0.29, 0.717) is 0 Å². The topological polar surface area (TPSA) is 46.2 Å². The Morgan fingerprint density at radius 2 is 2.38 bits per heavy atom. The molecule has 8 heavy (non-hydrogen) atoms. The Bertz CT molecular complexity index is 90.5. The van der Waals surface area contributed by atoms with Crippen molar-refractivity contribution in [3.8, 4) is 0 Å². The summed E-state index contributed by atoms with van der Waals surface area (Å²) in [7, 11) is 0. The second-order valence-corrected chi connectivity index (χ2v) is 3.00. The van der Waals surface area contributed by atoms with Crippen LogP contribution in [0, 0.1) is 0 Å². The monoisotopic (exact) mass is 115 g/mol. The molecule has 0 saturated heterocycles. The molecule has 0 heterocycles. The van der Waals surface area contributed by atoms with Crippen LogP contribution in [0.5, 0.6) is 0 Å². The second-order valence-electron chi connectivity index (χ2n) is 3.00. The van der Waals surface area contributed by atoms with Gasteiger partial charge < -0.3 is 10.8 Å². The molecule has 1 saturated carbocycles. The molecule has 1 aliphatic carbocycles. The van der Waals surface area contributed by atoms with Gasteiger partial charge in [-0.3, -0.25) is 0 Å². The van der Waals surface area contributed by atoms with E-state index < -0.39 is 5.60 Å². The molecule has 0 aromatic carbocycles. The maximum Gasteiger partial charge on any atom is 0.0635 e. The van der Waals surface area contributed by atoms with Crippen LogP contribution in [0.15, 0.2) is 0 Å². The van der Waals surface area contributed by atoms with E-state index in [1.54, 1.807) is 0 Å². The van der Waals surface area contributed by atoms with Gasteiger partial charge in [-0.2, -0.15) is 0 Å². The summed E-state index contributed by atoms with van der Waals surface area (Å²) in [5.41, 5.74) is 5.09. The van der Waals surface area contributed by atoms with Crippen LogP contribution in [0.25, 0.3) is 0 Å². The third-order valence-electron chi connectivity index (χ3n) is 1.76. The third kappa shape index (κ3) is 1.20. The van der Waals surface area contributed by atoms with Crippen LogP contribution in [0.3, 0.4) is 0 Å². The molecule has 0 aliphatic heterocycles. The maximum atomic E-state index is 9.28. The van der Waals surface area contributed by atoms with Gasteiger partial charge in [0.25, 0.3) is 0 Å². The Hall–Kier alpha value is -0.0800. The average Bonchev–Trinajstić information content (AvgIpc) is 1.82. The number of rotatable bonds is 0. The second kappa shape index (κ2) is 1.71. The first-order chi connectivity index (χ1) is 3.60. The molecule has 0 aromatic heterocycles. The Morgan fingerprint density at radius 3 is 2.50 bits per heavy atom. The fraction of sp³-hybridized carbons (Fsp3) is 1.00. The normalized spacial score (nSPS) is 47.6. The molecule has 3 N–H and O–H groups in total. The van der Waals surface area contributed by atoms with Crippen molar-refractivity contribution in [2.45, 2.75) is 37.8 Å². The third-order valence-corrected chi connectivity index (χ3v) is 1.76. The van der Waals surface area contributed by atoms with E-state index in [1.165, 1.54) is 0 Å². The van der Waals surface area contributed by atoms with Gasteiger partial charge in [0, 0.05) is 6.04 Å². The highest BCUT2D eigenvalue weighted by Crippen LogP contribution is 2.27. The molecule has 2 nitrogen and oxygen atoms in total. The van der Waals surface area contributed by atoms with Gasteiger partial charge in [0.15, 0.2) is 0 Å². The molecule has 0 unspecified atom stereocenters. The maximum absolute atomic E-state index is 9.28. The standard InChI is InChI=1S/C6H13NO/c1-6(8)3-2-5(7)4-6/h5,8H,2-4,7H2,1H3/t5-,6-/m0/s1. The lowest BCUT2D eigenvalue weighted by Gasteiger charge is -2.13. The van der Waals surface area contributed by atoms with E-state index in [4.69, 9.17) is 5.73 Å². The summed E-state index contributed by atoms with van der Waals surface area (Å²) >= 11 is 0. The van der Waals surface area contributed by atoms with Gasteiger partial charge in [0.05, 0.1) is 5.60 Å². The molecule has 0 amide bonds. The minimum Gasteiger partial charge on any atom is -0.390 e. The first kappa shape index (κ1) is 6.05. The van der Waals surface area contributed by atoms with E-state index in [2.05, 4.69) is 0 Å². The summed E-state index contributed by atoms with van der Waals surface area (Å²) in [6, 6.07) is 0.241. The largest absolute Gasteiger partial charge is 0.390 e. The lowest BCUT2D eigenvalue weighted by molar-refractivity contribution is 0.0667. The van der Waals surface area contributed by atoms with Crippen LogP contribution in [-0.4, -0.2) is 16.7 Å². The molecular weight excluding hydrogens is 102 g/mol. The quantitative estimate of drug-likeness (QED) is 0.475. The van der Waals surface area contributed by atoms with E-state index in [1.807, 2.05) is 6.92 Å². The van der Waals surface area contributed by atoms with E-state index in [0.717, 1.165) is 19.3 Å². The first-order valence-corrected chi connectivity index (χ1v) is 3.08. The summed E-state index contributed by atoms with van der Waals surface area (Å²) in [5.74, 6) is 0. The molecule has 0 spiro atoms. The van der Waals surface area contributed by atoms with Crippen molar-refractivity contribution >= 4 is 0 Å². The Kier molecular flexibility index (Phi) is 1.29. The molecule has 1 aliphatic rings. The minimum absolute atomic E-state index is 0.241. The van der Waals surface area contributed by atoms with Gasteiger partial charge in [0.1, 0.15) is 0 Å². The van der Waals surface area contributed by atoms with Crippen LogP contribution in [0.1, 0.15) is 26.2 Å². The predicted molar refractivity (Wildman–Crippen MR) is 32.5 cm³/mol. The summed E-state index contributed by atoms with van der Waals surface area (Å²) in [4.78, 5) is 0. The zero-order valence-corrected chi connectivity index (χ0v) is 5.22. The molecule has 2 heteroatoms. The highest BCUT2D eigenvalue weighted by Gasteiger charge is 2.30. The lowest BCUT2D eigenvalue weighted by atomic mass is 10.1. The number of aliphatic hydroxyl groups is 1. The highest BCUT2D eigenvalue weighted by molar-refractivity contribution is 4.86. The van der Waals surface area contributed by atoms with Crippen LogP contribution >= 0.6 is 0 Å². The molecule has 1 rings (SSSR count). The zero-order chi connectivity index (χ0) is 6.20. The van der Waals surface area contributed by atoms with Crippen molar-refractivity contribution in [2.75, 3.05) is 0 Å².